The minimum absolute atomic E-state index is 0.0542. The van der Waals surface area contributed by atoms with Crippen LogP contribution in [0.5, 0.6) is 0 Å². The van der Waals surface area contributed by atoms with E-state index in [1.807, 2.05) is 18.7 Å². The van der Waals surface area contributed by atoms with E-state index in [0.29, 0.717) is 19.5 Å². The van der Waals surface area contributed by atoms with Crippen LogP contribution in [-0.4, -0.2) is 35.0 Å². The van der Waals surface area contributed by atoms with Gasteiger partial charge in [0.2, 0.25) is 5.91 Å². The quantitative estimate of drug-likeness (QED) is 0.820. The van der Waals surface area contributed by atoms with Crippen LogP contribution in [0.4, 0.5) is 0 Å². The number of rotatable bonds is 5. The molecule has 0 aromatic carbocycles. The number of amides is 1. The van der Waals surface area contributed by atoms with Gasteiger partial charge in [0.1, 0.15) is 0 Å². The highest BCUT2D eigenvalue weighted by atomic mass is 16.4. The van der Waals surface area contributed by atoms with Crippen LogP contribution in [0.25, 0.3) is 0 Å². The normalized spacial score (nSPS) is 25.8. The van der Waals surface area contributed by atoms with Gasteiger partial charge in [-0.25, -0.2) is 0 Å². The SMILES string of the molecule is CCCCC(C)C(=O)N1CCC(C(=O)O)C(C)C1. The molecule has 1 aliphatic heterocycles. The monoisotopic (exact) mass is 255 g/mol. The van der Waals surface area contributed by atoms with E-state index < -0.39 is 5.97 Å². The van der Waals surface area contributed by atoms with Crippen molar-refractivity contribution < 1.29 is 14.7 Å². The van der Waals surface area contributed by atoms with Crippen molar-refractivity contribution in [2.45, 2.75) is 46.5 Å². The Morgan fingerprint density at radius 2 is 2.11 bits per heavy atom. The van der Waals surface area contributed by atoms with Gasteiger partial charge in [0.25, 0.3) is 0 Å². The molecule has 3 atom stereocenters. The van der Waals surface area contributed by atoms with Crippen LogP contribution < -0.4 is 0 Å². The van der Waals surface area contributed by atoms with Gasteiger partial charge < -0.3 is 10.0 Å². The number of hydrogen-bond donors (Lipinski definition) is 1. The van der Waals surface area contributed by atoms with E-state index in [1.165, 1.54) is 0 Å². The van der Waals surface area contributed by atoms with Gasteiger partial charge in [0.05, 0.1) is 5.92 Å². The first-order valence-corrected chi connectivity index (χ1v) is 6.99. The van der Waals surface area contributed by atoms with E-state index >= 15 is 0 Å². The molecule has 18 heavy (non-hydrogen) atoms. The Morgan fingerprint density at radius 1 is 1.44 bits per heavy atom. The van der Waals surface area contributed by atoms with Crippen molar-refractivity contribution in [3.8, 4) is 0 Å². The van der Waals surface area contributed by atoms with E-state index in [1.54, 1.807) is 0 Å². The molecular formula is C14H25NO3. The molecule has 0 aliphatic carbocycles. The van der Waals surface area contributed by atoms with E-state index in [4.69, 9.17) is 5.11 Å². The molecule has 4 nitrogen and oxygen atoms in total. The maximum absolute atomic E-state index is 12.2. The molecule has 1 N–H and O–H groups in total. The van der Waals surface area contributed by atoms with Crippen LogP contribution in [0, 0.1) is 17.8 Å². The average Bonchev–Trinajstić information content (AvgIpc) is 2.34. The van der Waals surface area contributed by atoms with Crippen molar-refractivity contribution in [1.82, 2.24) is 4.90 Å². The van der Waals surface area contributed by atoms with Crippen molar-refractivity contribution in [2.75, 3.05) is 13.1 Å². The number of unbranched alkanes of at least 4 members (excludes halogenated alkanes) is 1. The molecule has 1 fully saturated rings. The Bertz CT molecular complexity index is 303. The topological polar surface area (TPSA) is 57.6 Å². The summed E-state index contributed by atoms with van der Waals surface area (Å²) in [7, 11) is 0. The number of hydrogen-bond acceptors (Lipinski definition) is 2. The number of likely N-dealkylation sites (tertiary alicyclic amines) is 1. The maximum Gasteiger partial charge on any atom is 0.306 e. The number of carboxylic acid groups (broad SMARTS) is 1. The Kier molecular flexibility index (Phi) is 5.63. The lowest BCUT2D eigenvalue weighted by Gasteiger charge is -2.36. The van der Waals surface area contributed by atoms with Crippen LogP contribution >= 0.6 is 0 Å². The molecular weight excluding hydrogens is 230 g/mol. The van der Waals surface area contributed by atoms with Gasteiger partial charge in [-0.3, -0.25) is 9.59 Å². The van der Waals surface area contributed by atoms with Crippen LogP contribution in [0.3, 0.4) is 0 Å². The third-order valence-electron chi connectivity index (χ3n) is 3.95. The van der Waals surface area contributed by atoms with E-state index in [9.17, 15) is 9.59 Å². The second-order valence-corrected chi connectivity index (χ2v) is 5.54. The fraction of sp³-hybridized carbons (Fsp3) is 0.857. The molecule has 0 saturated carbocycles. The molecule has 3 unspecified atom stereocenters. The summed E-state index contributed by atoms with van der Waals surface area (Å²) in [6, 6.07) is 0. The Morgan fingerprint density at radius 3 is 2.61 bits per heavy atom. The molecule has 1 amide bonds. The van der Waals surface area contributed by atoms with Crippen molar-refractivity contribution in [3.63, 3.8) is 0 Å². The minimum atomic E-state index is -0.728. The number of piperidine rings is 1. The Labute approximate surface area is 109 Å². The lowest BCUT2D eigenvalue weighted by Crippen LogP contribution is -2.46. The predicted molar refractivity (Wildman–Crippen MR) is 70.2 cm³/mol. The van der Waals surface area contributed by atoms with Crippen molar-refractivity contribution >= 4 is 11.9 Å². The molecule has 0 spiro atoms. The van der Waals surface area contributed by atoms with Crippen LogP contribution in [0.15, 0.2) is 0 Å². The fourth-order valence-electron chi connectivity index (χ4n) is 2.66. The zero-order chi connectivity index (χ0) is 13.7. The van der Waals surface area contributed by atoms with Gasteiger partial charge in [-0.1, -0.05) is 33.6 Å². The summed E-state index contributed by atoms with van der Waals surface area (Å²) >= 11 is 0. The first-order valence-electron chi connectivity index (χ1n) is 6.99. The second-order valence-electron chi connectivity index (χ2n) is 5.54. The molecule has 104 valence electrons. The zero-order valence-corrected chi connectivity index (χ0v) is 11.7. The van der Waals surface area contributed by atoms with Crippen LogP contribution in [-0.2, 0) is 9.59 Å². The summed E-state index contributed by atoms with van der Waals surface area (Å²) in [5.41, 5.74) is 0. The molecule has 1 heterocycles. The van der Waals surface area contributed by atoms with E-state index in [0.717, 1.165) is 19.3 Å². The standard InChI is InChI=1S/C14H25NO3/c1-4-5-6-10(2)13(16)15-8-7-12(14(17)18)11(3)9-15/h10-12H,4-9H2,1-3H3,(H,17,18). The lowest BCUT2D eigenvalue weighted by molar-refractivity contribution is -0.149. The third-order valence-corrected chi connectivity index (χ3v) is 3.95. The smallest absolute Gasteiger partial charge is 0.306 e. The third kappa shape index (κ3) is 3.72. The summed E-state index contributed by atoms with van der Waals surface area (Å²) in [5.74, 6) is -0.704. The number of carboxylic acids is 1. The molecule has 1 saturated heterocycles. The van der Waals surface area contributed by atoms with Gasteiger partial charge in [-0.05, 0) is 18.8 Å². The number of carbonyl (C=O) groups is 2. The van der Waals surface area contributed by atoms with Gasteiger partial charge in [0, 0.05) is 19.0 Å². The van der Waals surface area contributed by atoms with Gasteiger partial charge in [-0.15, -0.1) is 0 Å². The maximum atomic E-state index is 12.2. The number of nitrogens with zero attached hydrogens (tertiary/aromatic N) is 1. The van der Waals surface area contributed by atoms with Crippen LogP contribution in [0.1, 0.15) is 46.5 Å². The zero-order valence-electron chi connectivity index (χ0n) is 11.7. The Balaban J connectivity index is 2.50. The first-order chi connectivity index (χ1) is 8.47. The molecule has 1 aliphatic rings. The largest absolute Gasteiger partial charge is 0.481 e. The Hall–Kier alpha value is -1.06. The molecule has 0 radical (unpaired) electrons. The molecule has 0 aromatic heterocycles. The van der Waals surface area contributed by atoms with E-state index in [-0.39, 0.29) is 23.7 Å². The van der Waals surface area contributed by atoms with Gasteiger partial charge in [-0.2, -0.15) is 0 Å². The summed E-state index contributed by atoms with van der Waals surface area (Å²) in [5, 5.41) is 9.06. The molecule has 0 bridgehead atoms. The highest BCUT2D eigenvalue weighted by Gasteiger charge is 2.33. The summed E-state index contributed by atoms with van der Waals surface area (Å²) in [6.45, 7) is 7.21. The molecule has 1 rings (SSSR count). The predicted octanol–water partition coefficient (Wildman–Crippen LogP) is 2.38. The molecule has 4 heteroatoms. The number of carbonyl (C=O) groups excluding carboxylic acids is 1. The summed E-state index contributed by atoms with van der Waals surface area (Å²) in [4.78, 5) is 25.1. The minimum Gasteiger partial charge on any atom is -0.481 e. The lowest BCUT2D eigenvalue weighted by atomic mass is 9.86. The van der Waals surface area contributed by atoms with Gasteiger partial charge >= 0.3 is 5.97 Å². The average molecular weight is 255 g/mol. The fourth-order valence-corrected chi connectivity index (χ4v) is 2.66. The summed E-state index contributed by atoms with van der Waals surface area (Å²) in [6.07, 6.45) is 3.70. The number of aliphatic carboxylic acids is 1. The van der Waals surface area contributed by atoms with Crippen molar-refractivity contribution in [2.24, 2.45) is 17.8 Å². The highest BCUT2D eigenvalue weighted by molar-refractivity contribution is 5.79. The second kappa shape index (κ2) is 6.76. The molecule has 0 aromatic rings. The summed E-state index contributed by atoms with van der Waals surface area (Å²) < 4.78 is 0. The van der Waals surface area contributed by atoms with Crippen LogP contribution in [0.2, 0.25) is 0 Å². The van der Waals surface area contributed by atoms with Crippen molar-refractivity contribution in [1.29, 1.82) is 0 Å². The van der Waals surface area contributed by atoms with Gasteiger partial charge in [0.15, 0.2) is 0 Å². The van der Waals surface area contributed by atoms with E-state index in [2.05, 4.69) is 6.92 Å². The van der Waals surface area contributed by atoms with Crippen molar-refractivity contribution in [3.05, 3.63) is 0 Å². The first kappa shape index (κ1) is 15.0. The highest BCUT2D eigenvalue weighted by Crippen LogP contribution is 2.25.